The normalized spacial score (nSPS) is 32.1. The number of hydrogen-bond acceptors (Lipinski definition) is 2. The van der Waals surface area contributed by atoms with Crippen LogP contribution >= 0.6 is 11.6 Å². The van der Waals surface area contributed by atoms with Gasteiger partial charge in [0, 0.05) is 24.5 Å². The minimum Gasteiger partial charge on any atom is -0.199 e. The molecule has 1 N–H and O–H groups in total. The van der Waals surface area contributed by atoms with Gasteiger partial charge in [0.15, 0.2) is 0 Å². The van der Waals surface area contributed by atoms with E-state index in [0.717, 1.165) is 51.4 Å². The molecule has 1 saturated carbocycles. The van der Waals surface area contributed by atoms with Crippen LogP contribution < -0.4 is 4.72 Å². The Morgan fingerprint density at radius 2 is 1.50 bits per heavy atom. The lowest BCUT2D eigenvalue weighted by Gasteiger charge is -2.28. The summed E-state index contributed by atoms with van der Waals surface area (Å²) in [4.78, 5) is 0. The Hall–Kier alpha value is 0.160. The Kier molecular flexibility index (Phi) is 5.30. The third kappa shape index (κ3) is 4.08. The number of rotatable bonds is 3. The zero-order valence-electron chi connectivity index (χ0n) is 10.8. The molecular formula is C12H23ClN2O2S. The van der Waals surface area contributed by atoms with Crippen LogP contribution in [0.5, 0.6) is 0 Å². The SMILES string of the molecule is O=S(=O)(NC1CCC(Cl)CC1)N1CCCCCC1. The van der Waals surface area contributed by atoms with Crippen molar-refractivity contribution in [2.24, 2.45) is 0 Å². The molecule has 6 heteroatoms. The average molecular weight is 295 g/mol. The molecular weight excluding hydrogens is 272 g/mol. The molecule has 1 saturated heterocycles. The van der Waals surface area contributed by atoms with Crippen LogP contribution in [0.2, 0.25) is 0 Å². The first-order valence-electron chi connectivity index (χ1n) is 6.99. The lowest BCUT2D eigenvalue weighted by Crippen LogP contribution is -2.46. The number of halogens is 1. The highest BCUT2D eigenvalue weighted by Gasteiger charge is 2.28. The number of nitrogens with zero attached hydrogens (tertiary/aromatic N) is 1. The molecule has 0 aromatic carbocycles. The van der Waals surface area contributed by atoms with Crippen molar-refractivity contribution in [1.29, 1.82) is 0 Å². The van der Waals surface area contributed by atoms with Gasteiger partial charge in [-0.2, -0.15) is 17.4 Å². The molecule has 0 unspecified atom stereocenters. The molecule has 0 aromatic heterocycles. The molecule has 0 aromatic rings. The van der Waals surface area contributed by atoms with Crippen molar-refractivity contribution < 1.29 is 8.42 Å². The van der Waals surface area contributed by atoms with E-state index in [4.69, 9.17) is 11.6 Å². The Balaban J connectivity index is 1.89. The van der Waals surface area contributed by atoms with Gasteiger partial charge in [-0.25, -0.2) is 0 Å². The first-order chi connectivity index (χ1) is 8.58. The van der Waals surface area contributed by atoms with E-state index in [-0.39, 0.29) is 11.4 Å². The van der Waals surface area contributed by atoms with Gasteiger partial charge in [-0.15, -0.1) is 11.6 Å². The molecule has 2 aliphatic rings. The van der Waals surface area contributed by atoms with Crippen molar-refractivity contribution in [3.63, 3.8) is 0 Å². The van der Waals surface area contributed by atoms with Gasteiger partial charge < -0.3 is 0 Å². The molecule has 1 heterocycles. The third-order valence-corrected chi connectivity index (χ3v) is 5.99. The molecule has 2 rings (SSSR count). The molecule has 0 spiro atoms. The maximum absolute atomic E-state index is 12.3. The predicted molar refractivity (Wildman–Crippen MR) is 74.0 cm³/mol. The molecule has 4 nitrogen and oxygen atoms in total. The third-order valence-electron chi connectivity index (χ3n) is 3.88. The summed E-state index contributed by atoms with van der Waals surface area (Å²) >= 11 is 6.04. The Bertz CT molecular complexity index is 345. The molecule has 0 amide bonds. The van der Waals surface area contributed by atoms with Gasteiger partial charge in [0.05, 0.1) is 0 Å². The summed E-state index contributed by atoms with van der Waals surface area (Å²) in [5.74, 6) is 0. The van der Waals surface area contributed by atoms with E-state index < -0.39 is 10.2 Å². The van der Waals surface area contributed by atoms with Crippen LogP contribution in [0.3, 0.4) is 0 Å². The molecule has 106 valence electrons. The number of nitrogens with one attached hydrogen (secondary N) is 1. The summed E-state index contributed by atoms with van der Waals surface area (Å²) in [6, 6.07) is 0.0771. The Morgan fingerprint density at radius 3 is 2.06 bits per heavy atom. The first-order valence-corrected chi connectivity index (χ1v) is 8.87. The van der Waals surface area contributed by atoms with E-state index in [9.17, 15) is 8.42 Å². The summed E-state index contributed by atoms with van der Waals surface area (Å²) in [6.45, 7) is 1.33. The highest BCUT2D eigenvalue weighted by atomic mass is 35.5. The van der Waals surface area contributed by atoms with Crippen molar-refractivity contribution in [1.82, 2.24) is 9.03 Å². The smallest absolute Gasteiger partial charge is 0.199 e. The topological polar surface area (TPSA) is 49.4 Å². The van der Waals surface area contributed by atoms with Gasteiger partial charge in [-0.3, -0.25) is 0 Å². The van der Waals surface area contributed by atoms with Gasteiger partial charge in [0.2, 0.25) is 0 Å². The maximum Gasteiger partial charge on any atom is 0.279 e. The van der Waals surface area contributed by atoms with Gasteiger partial charge in [-0.05, 0) is 38.5 Å². The highest BCUT2D eigenvalue weighted by Crippen LogP contribution is 2.24. The molecule has 18 heavy (non-hydrogen) atoms. The number of hydrogen-bond donors (Lipinski definition) is 1. The van der Waals surface area contributed by atoms with Crippen LogP contribution in [0.1, 0.15) is 51.4 Å². The summed E-state index contributed by atoms with van der Waals surface area (Å²) in [5.41, 5.74) is 0. The van der Waals surface area contributed by atoms with Crippen molar-refractivity contribution in [3.8, 4) is 0 Å². The van der Waals surface area contributed by atoms with Crippen LogP contribution in [0.4, 0.5) is 0 Å². The minimum atomic E-state index is -3.28. The summed E-state index contributed by atoms with van der Waals surface area (Å²) in [6.07, 6.45) is 7.80. The van der Waals surface area contributed by atoms with Crippen LogP contribution in [0, 0.1) is 0 Å². The van der Waals surface area contributed by atoms with Crippen molar-refractivity contribution in [2.45, 2.75) is 62.8 Å². The van der Waals surface area contributed by atoms with Gasteiger partial charge in [0.1, 0.15) is 0 Å². The maximum atomic E-state index is 12.3. The van der Waals surface area contributed by atoms with E-state index in [1.165, 1.54) is 0 Å². The van der Waals surface area contributed by atoms with Crippen molar-refractivity contribution in [2.75, 3.05) is 13.1 Å². The highest BCUT2D eigenvalue weighted by molar-refractivity contribution is 7.87. The van der Waals surface area contributed by atoms with Gasteiger partial charge in [-0.1, -0.05) is 12.8 Å². The molecule has 0 atom stereocenters. The fourth-order valence-corrected chi connectivity index (χ4v) is 4.53. The Morgan fingerprint density at radius 1 is 0.944 bits per heavy atom. The van der Waals surface area contributed by atoms with E-state index in [1.807, 2.05) is 0 Å². The second kappa shape index (κ2) is 6.55. The molecule has 2 fully saturated rings. The fourth-order valence-electron chi connectivity index (χ4n) is 2.74. The van der Waals surface area contributed by atoms with Crippen LogP contribution in [0.25, 0.3) is 0 Å². The zero-order valence-corrected chi connectivity index (χ0v) is 12.3. The summed E-state index contributed by atoms with van der Waals surface area (Å²) in [5, 5.41) is 0.226. The lowest BCUT2D eigenvalue weighted by molar-refractivity contribution is 0.378. The van der Waals surface area contributed by atoms with Gasteiger partial charge >= 0.3 is 0 Å². The lowest BCUT2D eigenvalue weighted by atomic mass is 9.96. The quantitative estimate of drug-likeness (QED) is 0.812. The first kappa shape index (κ1) is 14.6. The predicted octanol–water partition coefficient (Wildman–Crippen LogP) is 2.25. The molecule has 0 bridgehead atoms. The summed E-state index contributed by atoms with van der Waals surface area (Å²) < 4.78 is 29.0. The largest absolute Gasteiger partial charge is 0.279 e. The average Bonchev–Trinajstić information content (AvgIpc) is 2.61. The second-order valence-electron chi connectivity index (χ2n) is 5.39. The fraction of sp³-hybridized carbons (Fsp3) is 1.00. The molecule has 0 radical (unpaired) electrons. The van der Waals surface area contributed by atoms with E-state index >= 15 is 0 Å². The van der Waals surface area contributed by atoms with Gasteiger partial charge in [0.25, 0.3) is 10.2 Å². The molecule has 1 aliphatic carbocycles. The standard InChI is InChI=1S/C12H23ClN2O2S/c13-11-5-7-12(8-6-11)14-18(16,17)15-9-3-1-2-4-10-15/h11-12,14H,1-10H2. The minimum absolute atomic E-state index is 0.0771. The van der Waals surface area contributed by atoms with E-state index in [2.05, 4.69) is 4.72 Å². The molecule has 1 aliphatic heterocycles. The Labute approximate surface area is 115 Å². The zero-order chi connectivity index (χ0) is 13.0. The summed E-state index contributed by atoms with van der Waals surface area (Å²) in [7, 11) is -3.28. The van der Waals surface area contributed by atoms with Crippen molar-refractivity contribution in [3.05, 3.63) is 0 Å². The van der Waals surface area contributed by atoms with Crippen molar-refractivity contribution >= 4 is 21.8 Å². The number of alkyl halides is 1. The van der Waals surface area contributed by atoms with E-state index in [0.29, 0.717) is 13.1 Å². The van der Waals surface area contributed by atoms with Crippen LogP contribution in [0.15, 0.2) is 0 Å². The second-order valence-corrected chi connectivity index (χ2v) is 7.70. The van der Waals surface area contributed by atoms with Crippen LogP contribution in [-0.2, 0) is 10.2 Å². The monoisotopic (exact) mass is 294 g/mol. The van der Waals surface area contributed by atoms with E-state index in [1.54, 1.807) is 4.31 Å². The van der Waals surface area contributed by atoms with Crippen LogP contribution in [-0.4, -0.2) is 37.2 Å².